The van der Waals surface area contributed by atoms with Gasteiger partial charge in [-0.1, -0.05) is 17.7 Å². The van der Waals surface area contributed by atoms with E-state index in [0.717, 1.165) is 11.6 Å². The lowest BCUT2D eigenvalue weighted by Crippen LogP contribution is -2.06. The van der Waals surface area contributed by atoms with Crippen molar-refractivity contribution >= 4 is 0 Å². The number of aliphatic hydroxyl groups is 1. The molecule has 0 saturated heterocycles. The minimum Gasteiger partial charge on any atom is -0.496 e. The number of hydrogen-bond acceptors (Lipinski definition) is 2. The Hall–Kier alpha value is -1.94. The zero-order valence-corrected chi connectivity index (χ0v) is 11.4. The molecule has 2 aromatic rings. The maximum absolute atomic E-state index is 13.6. The van der Waals surface area contributed by atoms with Crippen LogP contribution in [-0.4, -0.2) is 12.2 Å². The molecule has 0 aliphatic rings. The molecule has 0 aromatic heterocycles. The first kappa shape index (κ1) is 14.5. The van der Waals surface area contributed by atoms with Crippen LogP contribution in [0, 0.1) is 18.6 Å². The summed E-state index contributed by atoms with van der Waals surface area (Å²) in [5.41, 5.74) is 1.83. The van der Waals surface area contributed by atoms with E-state index in [1.54, 1.807) is 12.1 Å². The van der Waals surface area contributed by atoms with E-state index in [9.17, 15) is 13.9 Å². The van der Waals surface area contributed by atoms with Gasteiger partial charge in [0.15, 0.2) is 0 Å². The van der Waals surface area contributed by atoms with Crippen LogP contribution in [0.15, 0.2) is 36.4 Å². The van der Waals surface area contributed by atoms with Crippen molar-refractivity contribution in [3.8, 4) is 5.75 Å². The molecule has 4 heteroatoms. The molecular formula is C16H16F2O2. The molecule has 0 heterocycles. The summed E-state index contributed by atoms with van der Waals surface area (Å²) in [4.78, 5) is 0. The predicted molar refractivity (Wildman–Crippen MR) is 72.8 cm³/mol. The summed E-state index contributed by atoms with van der Waals surface area (Å²) < 4.78 is 31.7. The van der Waals surface area contributed by atoms with Crippen molar-refractivity contribution < 1.29 is 18.6 Å². The molecule has 0 fully saturated rings. The molecule has 20 heavy (non-hydrogen) atoms. The summed E-state index contributed by atoms with van der Waals surface area (Å²) >= 11 is 0. The van der Waals surface area contributed by atoms with Crippen LogP contribution in [0.3, 0.4) is 0 Å². The number of aliphatic hydroxyl groups excluding tert-OH is 1. The lowest BCUT2D eigenvalue weighted by Gasteiger charge is -2.16. The molecule has 1 N–H and O–H groups in total. The fourth-order valence-corrected chi connectivity index (χ4v) is 2.12. The van der Waals surface area contributed by atoms with Crippen molar-refractivity contribution in [1.82, 2.24) is 0 Å². The largest absolute Gasteiger partial charge is 0.496 e. The van der Waals surface area contributed by atoms with Gasteiger partial charge in [-0.15, -0.1) is 0 Å². The Morgan fingerprint density at radius 2 is 1.90 bits per heavy atom. The van der Waals surface area contributed by atoms with E-state index in [2.05, 4.69) is 0 Å². The number of methoxy groups -OCH3 is 1. The van der Waals surface area contributed by atoms with E-state index in [4.69, 9.17) is 4.74 Å². The van der Waals surface area contributed by atoms with Crippen LogP contribution in [0.4, 0.5) is 8.78 Å². The molecule has 2 aromatic carbocycles. The van der Waals surface area contributed by atoms with E-state index in [1.807, 2.05) is 13.0 Å². The average molecular weight is 278 g/mol. The quantitative estimate of drug-likeness (QED) is 0.926. The summed E-state index contributed by atoms with van der Waals surface area (Å²) in [5, 5.41) is 10.3. The van der Waals surface area contributed by atoms with Crippen LogP contribution in [0.5, 0.6) is 5.75 Å². The number of ether oxygens (including phenoxy) is 1. The van der Waals surface area contributed by atoms with E-state index in [-0.39, 0.29) is 12.0 Å². The monoisotopic (exact) mass is 278 g/mol. The minimum absolute atomic E-state index is 0.0614. The van der Waals surface area contributed by atoms with Gasteiger partial charge in [0.05, 0.1) is 13.2 Å². The maximum atomic E-state index is 13.6. The highest BCUT2D eigenvalue weighted by molar-refractivity contribution is 5.39. The minimum atomic E-state index is -0.912. The molecule has 0 bridgehead atoms. The highest BCUT2D eigenvalue weighted by atomic mass is 19.1. The zero-order chi connectivity index (χ0) is 14.7. The van der Waals surface area contributed by atoms with Gasteiger partial charge in [-0.05, 0) is 30.7 Å². The smallest absolute Gasteiger partial charge is 0.129 e. The number of halogens is 2. The summed E-state index contributed by atoms with van der Waals surface area (Å²) in [6, 6.07) is 8.76. The first-order valence-electron chi connectivity index (χ1n) is 6.28. The second-order valence-corrected chi connectivity index (χ2v) is 4.70. The Balaban J connectivity index is 2.27. The molecule has 2 nitrogen and oxygen atoms in total. The SMILES string of the molecule is COc1ccc(C)cc1C(O)Cc1ccc(F)cc1F. The molecule has 0 aliphatic heterocycles. The molecule has 106 valence electrons. The maximum Gasteiger partial charge on any atom is 0.129 e. The van der Waals surface area contributed by atoms with Gasteiger partial charge >= 0.3 is 0 Å². The summed E-state index contributed by atoms with van der Waals surface area (Å²) in [7, 11) is 1.51. The van der Waals surface area contributed by atoms with Gasteiger partial charge in [-0.3, -0.25) is 0 Å². The lowest BCUT2D eigenvalue weighted by atomic mass is 9.98. The van der Waals surface area contributed by atoms with Crippen molar-refractivity contribution in [1.29, 1.82) is 0 Å². The summed E-state index contributed by atoms with van der Waals surface area (Å²) in [5.74, 6) is -0.741. The predicted octanol–water partition coefficient (Wildman–Crippen LogP) is 3.56. The van der Waals surface area contributed by atoms with Gasteiger partial charge in [-0.25, -0.2) is 8.78 Å². The van der Waals surface area contributed by atoms with Gasteiger partial charge in [0.25, 0.3) is 0 Å². The van der Waals surface area contributed by atoms with Crippen LogP contribution in [-0.2, 0) is 6.42 Å². The molecule has 0 amide bonds. The van der Waals surface area contributed by atoms with Crippen molar-refractivity contribution in [2.75, 3.05) is 7.11 Å². The van der Waals surface area contributed by atoms with Crippen LogP contribution in [0.25, 0.3) is 0 Å². The first-order valence-corrected chi connectivity index (χ1v) is 6.28. The number of hydrogen-bond donors (Lipinski definition) is 1. The molecule has 1 atom stereocenters. The van der Waals surface area contributed by atoms with Gasteiger partial charge < -0.3 is 9.84 Å². The van der Waals surface area contributed by atoms with E-state index in [1.165, 1.54) is 19.2 Å². The first-order chi connectivity index (χ1) is 9.51. The number of rotatable bonds is 4. The van der Waals surface area contributed by atoms with Crippen LogP contribution in [0.2, 0.25) is 0 Å². The Kier molecular flexibility index (Phi) is 4.35. The van der Waals surface area contributed by atoms with Crippen LogP contribution < -0.4 is 4.74 Å². The molecule has 0 radical (unpaired) electrons. The zero-order valence-electron chi connectivity index (χ0n) is 11.4. The third-order valence-corrected chi connectivity index (χ3v) is 3.17. The van der Waals surface area contributed by atoms with Gasteiger partial charge in [0.1, 0.15) is 17.4 Å². The fraction of sp³-hybridized carbons (Fsp3) is 0.250. The molecule has 0 spiro atoms. The lowest BCUT2D eigenvalue weighted by molar-refractivity contribution is 0.172. The highest BCUT2D eigenvalue weighted by Crippen LogP contribution is 2.29. The third kappa shape index (κ3) is 3.14. The van der Waals surface area contributed by atoms with Crippen molar-refractivity contribution in [3.63, 3.8) is 0 Å². The van der Waals surface area contributed by atoms with Crippen LogP contribution in [0.1, 0.15) is 22.8 Å². The Morgan fingerprint density at radius 3 is 2.55 bits per heavy atom. The van der Waals surface area contributed by atoms with Crippen molar-refractivity contribution in [2.45, 2.75) is 19.4 Å². The second-order valence-electron chi connectivity index (χ2n) is 4.70. The van der Waals surface area contributed by atoms with Crippen molar-refractivity contribution in [3.05, 3.63) is 64.7 Å². The number of aryl methyl sites for hydroxylation is 1. The molecular weight excluding hydrogens is 262 g/mol. The molecule has 1 unspecified atom stereocenters. The Labute approximate surface area is 116 Å². The van der Waals surface area contributed by atoms with E-state index in [0.29, 0.717) is 11.3 Å². The van der Waals surface area contributed by atoms with Gasteiger partial charge in [0, 0.05) is 18.1 Å². The van der Waals surface area contributed by atoms with Gasteiger partial charge in [0.2, 0.25) is 0 Å². The molecule has 2 rings (SSSR count). The van der Waals surface area contributed by atoms with E-state index < -0.39 is 17.7 Å². The number of benzene rings is 2. The van der Waals surface area contributed by atoms with Crippen molar-refractivity contribution in [2.24, 2.45) is 0 Å². The standard InChI is InChI=1S/C16H16F2O2/c1-10-3-6-16(20-2)13(7-10)15(19)8-11-4-5-12(17)9-14(11)18/h3-7,9,15,19H,8H2,1-2H3. The van der Waals surface area contributed by atoms with Crippen LogP contribution >= 0.6 is 0 Å². The summed E-state index contributed by atoms with van der Waals surface area (Å²) in [6.45, 7) is 1.90. The Bertz CT molecular complexity index is 611. The summed E-state index contributed by atoms with van der Waals surface area (Å²) in [6.07, 6.45) is -0.851. The third-order valence-electron chi connectivity index (χ3n) is 3.17. The molecule has 0 aliphatic carbocycles. The normalized spacial score (nSPS) is 12.2. The Morgan fingerprint density at radius 1 is 1.15 bits per heavy atom. The molecule has 0 saturated carbocycles. The fourth-order valence-electron chi connectivity index (χ4n) is 2.12. The van der Waals surface area contributed by atoms with E-state index >= 15 is 0 Å². The van der Waals surface area contributed by atoms with Gasteiger partial charge in [-0.2, -0.15) is 0 Å². The second kappa shape index (κ2) is 6.01. The topological polar surface area (TPSA) is 29.5 Å². The average Bonchev–Trinajstić information content (AvgIpc) is 2.41. The highest BCUT2D eigenvalue weighted by Gasteiger charge is 2.16.